The minimum atomic E-state index is 0.461. The Balaban J connectivity index is 1.47. The summed E-state index contributed by atoms with van der Waals surface area (Å²) in [6.07, 6.45) is 2.33. The quantitative estimate of drug-likeness (QED) is 0.632. The van der Waals surface area contributed by atoms with Crippen molar-refractivity contribution in [3.63, 3.8) is 0 Å². The predicted molar refractivity (Wildman–Crippen MR) is 111 cm³/mol. The fraction of sp³-hybridized carbons (Fsp3) is 0.300. The van der Waals surface area contributed by atoms with Crippen LogP contribution in [0.15, 0.2) is 48.5 Å². The normalized spacial score (nSPS) is 17.6. The molecule has 0 aliphatic carbocycles. The zero-order chi connectivity index (χ0) is 17.2. The Kier molecular flexibility index (Phi) is 4.68. The number of aryl methyl sites for hydroxylation is 1. The van der Waals surface area contributed by atoms with Gasteiger partial charge in [-0.05, 0) is 61.8 Å². The molecule has 0 saturated carbocycles. The summed E-state index contributed by atoms with van der Waals surface area (Å²) in [5.41, 5.74) is 3.41. The zero-order valence-corrected chi connectivity index (χ0v) is 15.9. The van der Waals surface area contributed by atoms with Crippen molar-refractivity contribution in [3.05, 3.63) is 59.1 Å². The van der Waals surface area contributed by atoms with Crippen molar-refractivity contribution in [2.45, 2.75) is 25.7 Å². The number of hydrogen-bond donors (Lipinski definition) is 1. The lowest BCUT2D eigenvalue weighted by Crippen LogP contribution is -2.41. The molecular weight excluding hydrogens is 346 g/mol. The second kappa shape index (κ2) is 7.10. The molecule has 1 N–H and O–H groups in total. The van der Waals surface area contributed by atoms with Gasteiger partial charge in [0.2, 0.25) is 0 Å². The number of aromatic nitrogens is 1. The number of nitrogens with one attached hydrogen (secondary N) is 1. The molecule has 4 rings (SSSR count). The van der Waals surface area contributed by atoms with E-state index < -0.39 is 0 Å². The smallest absolute Gasteiger partial charge is 0.173 e. The van der Waals surface area contributed by atoms with Crippen LogP contribution in [0.3, 0.4) is 0 Å². The molecule has 1 fully saturated rings. The van der Waals surface area contributed by atoms with E-state index in [4.69, 9.17) is 17.2 Å². The van der Waals surface area contributed by atoms with Crippen LogP contribution >= 0.6 is 23.6 Å². The molecule has 1 aromatic heterocycles. The lowest BCUT2D eigenvalue weighted by atomic mass is 9.99. The van der Waals surface area contributed by atoms with E-state index in [-0.39, 0.29) is 0 Å². The molecule has 128 valence electrons. The Morgan fingerprint density at radius 2 is 2.12 bits per heavy atom. The van der Waals surface area contributed by atoms with E-state index in [0.29, 0.717) is 5.92 Å². The number of hydrogen-bond acceptors (Lipinski definition) is 3. The number of anilines is 1. The van der Waals surface area contributed by atoms with E-state index in [9.17, 15) is 0 Å². The number of para-hydroxylation sites is 1. The zero-order valence-electron chi connectivity index (χ0n) is 14.2. The highest BCUT2D eigenvalue weighted by Crippen LogP contribution is 2.33. The van der Waals surface area contributed by atoms with Gasteiger partial charge in [0, 0.05) is 24.7 Å². The maximum absolute atomic E-state index is 5.66. The van der Waals surface area contributed by atoms with Crippen molar-refractivity contribution >= 4 is 44.6 Å². The average Bonchev–Trinajstić information content (AvgIpc) is 3.06. The first kappa shape index (κ1) is 16.5. The fourth-order valence-electron chi connectivity index (χ4n) is 3.35. The van der Waals surface area contributed by atoms with Crippen molar-refractivity contribution in [2.24, 2.45) is 0 Å². The van der Waals surface area contributed by atoms with Crippen molar-refractivity contribution in [3.8, 4) is 0 Å². The molecule has 1 aliphatic heterocycles. The number of nitrogens with zero attached hydrogens (tertiary/aromatic N) is 2. The summed E-state index contributed by atoms with van der Waals surface area (Å²) in [5.74, 6) is 0.461. The van der Waals surface area contributed by atoms with Crippen LogP contribution in [0.5, 0.6) is 0 Å². The maximum atomic E-state index is 5.66. The number of likely N-dealkylation sites (tertiary alicyclic amines) is 1. The third-order valence-corrected chi connectivity index (χ3v) is 6.20. The average molecular weight is 368 g/mol. The van der Waals surface area contributed by atoms with Crippen molar-refractivity contribution in [2.75, 3.05) is 18.4 Å². The highest BCUT2D eigenvalue weighted by molar-refractivity contribution is 7.80. The highest BCUT2D eigenvalue weighted by Gasteiger charge is 2.25. The first-order valence-corrected chi connectivity index (χ1v) is 9.89. The van der Waals surface area contributed by atoms with E-state index in [1.54, 1.807) is 0 Å². The lowest BCUT2D eigenvalue weighted by Gasteiger charge is -2.33. The molecule has 3 nitrogen and oxygen atoms in total. The van der Waals surface area contributed by atoms with Crippen LogP contribution < -0.4 is 5.32 Å². The summed E-state index contributed by atoms with van der Waals surface area (Å²) in [6, 6.07) is 16.7. The number of thiazole rings is 1. The number of fused-ring (bicyclic) bond motifs is 1. The van der Waals surface area contributed by atoms with Crippen LogP contribution in [0, 0.1) is 6.92 Å². The Labute approximate surface area is 157 Å². The van der Waals surface area contributed by atoms with E-state index in [0.717, 1.165) is 35.8 Å². The molecule has 0 bridgehead atoms. The maximum Gasteiger partial charge on any atom is 0.173 e. The topological polar surface area (TPSA) is 28.2 Å². The van der Waals surface area contributed by atoms with Crippen molar-refractivity contribution < 1.29 is 0 Å². The van der Waals surface area contributed by atoms with E-state index in [1.165, 1.54) is 21.7 Å². The van der Waals surface area contributed by atoms with E-state index in [2.05, 4.69) is 65.7 Å². The third kappa shape index (κ3) is 3.67. The highest BCUT2D eigenvalue weighted by atomic mass is 32.1. The molecule has 2 aromatic carbocycles. The minimum Gasteiger partial charge on any atom is -0.348 e. The predicted octanol–water partition coefficient (Wildman–Crippen LogP) is 5.18. The summed E-state index contributed by atoms with van der Waals surface area (Å²) in [5, 5.41) is 5.45. The molecule has 3 aromatic rings. The number of benzene rings is 2. The molecule has 0 amide bonds. The lowest BCUT2D eigenvalue weighted by molar-refractivity contribution is 0.312. The van der Waals surface area contributed by atoms with Crippen molar-refractivity contribution in [1.82, 2.24) is 9.88 Å². The van der Waals surface area contributed by atoms with Crippen LogP contribution in [-0.2, 0) is 0 Å². The van der Waals surface area contributed by atoms with Crippen molar-refractivity contribution in [1.29, 1.82) is 0 Å². The minimum absolute atomic E-state index is 0.461. The Hall–Kier alpha value is -1.98. The molecule has 0 unspecified atom stereocenters. The monoisotopic (exact) mass is 367 g/mol. The summed E-state index contributed by atoms with van der Waals surface area (Å²) >= 11 is 7.49. The summed E-state index contributed by atoms with van der Waals surface area (Å²) in [6.45, 7) is 4.05. The van der Waals surface area contributed by atoms with Gasteiger partial charge in [-0.25, -0.2) is 4.98 Å². The molecule has 0 radical (unpaired) electrons. The molecule has 1 aliphatic rings. The van der Waals surface area contributed by atoms with Crippen LogP contribution in [0.1, 0.15) is 29.3 Å². The van der Waals surface area contributed by atoms with Gasteiger partial charge in [0.1, 0.15) is 0 Å². The van der Waals surface area contributed by atoms with Crippen LogP contribution in [-0.4, -0.2) is 28.1 Å². The van der Waals surface area contributed by atoms with Crippen LogP contribution in [0.4, 0.5) is 5.69 Å². The standard InChI is InChI=1S/C20H21N3S2/c1-14-6-4-8-16(12-14)21-20(24)23-11-5-7-15(13-23)19-22-17-9-2-3-10-18(17)25-19/h2-4,6,8-10,12,15H,5,7,11,13H2,1H3,(H,21,24)/t15-/m0/s1. The van der Waals surface area contributed by atoms with Gasteiger partial charge in [0.05, 0.1) is 15.2 Å². The summed E-state index contributed by atoms with van der Waals surface area (Å²) in [4.78, 5) is 7.14. The fourth-order valence-corrected chi connectivity index (χ4v) is 4.73. The third-order valence-electron chi connectivity index (χ3n) is 4.64. The number of thiocarbonyl (C=S) groups is 1. The SMILES string of the molecule is Cc1cccc(NC(=S)N2CCC[C@H](c3nc4ccccc4s3)C2)c1. The largest absolute Gasteiger partial charge is 0.348 e. The van der Waals surface area contributed by atoms with Gasteiger partial charge in [-0.15, -0.1) is 11.3 Å². The van der Waals surface area contributed by atoms with Crippen LogP contribution in [0.25, 0.3) is 10.2 Å². The Bertz CT molecular complexity index is 870. The summed E-state index contributed by atoms with van der Waals surface area (Å²) < 4.78 is 1.27. The molecule has 1 atom stereocenters. The molecule has 2 heterocycles. The molecule has 5 heteroatoms. The Morgan fingerprint density at radius 1 is 1.24 bits per heavy atom. The van der Waals surface area contributed by atoms with E-state index in [1.807, 2.05) is 11.3 Å². The number of rotatable bonds is 2. The van der Waals surface area contributed by atoms with Gasteiger partial charge < -0.3 is 10.2 Å². The first-order valence-electron chi connectivity index (χ1n) is 8.67. The molecule has 0 spiro atoms. The second-order valence-corrected chi connectivity index (χ2v) is 8.05. The van der Waals surface area contributed by atoms with Gasteiger partial charge in [-0.3, -0.25) is 0 Å². The van der Waals surface area contributed by atoms with Crippen LogP contribution in [0.2, 0.25) is 0 Å². The first-order chi connectivity index (χ1) is 12.2. The van der Waals surface area contributed by atoms with Gasteiger partial charge in [-0.1, -0.05) is 24.3 Å². The molecular formula is C20H21N3S2. The van der Waals surface area contributed by atoms with Gasteiger partial charge in [0.15, 0.2) is 5.11 Å². The summed E-state index contributed by atoms with van der Waals surface area (Å²) in [7, 11) is 0. The van der Waals surface area contributed by atoms with Gasteiger partial charge >= 0.3 is 0 Å². The second-order valence-electron chi connectivity index (χ2n) is 6.60. The molecule has 1 saturated heterocycles. The van der Waals surface area contributed by atoms with Gasteiger partial charge in [-0.2, -0.15) is 0 Å². The molecule has 25 heavy (non-hydrogen) atoms. The van der Waals surface area contributed by atoms with Gasteiger partial charge in [0.25, 0.3) is 0 Å². The Morgan fingerprint density at radius 3 is 2.96 bits per heavy atom. The van der Waals surface area contributed by atoms with E-state index >= 15 is 0 Å². The number of piperidine rings is 1.